The zero-order valence-electron chi connectivity index (χ0n) is 15.8. The number of aryl methyl sites for hydroxylation is 2. The lowest BCUT2D eigenvalue weighted by Crippen LogP contribution is -2.39. The third-order valence-corrected chi connectivity index (χ3v) is 6.95. The molecule has 1 aliphatic heterocycles. The van der Waals surface area contributed by atoms with E-state index in [1.807, 2.05) is 0 Å². The van der Waals surface area contributed by atoms with Crippen molar-refractivity contribution in [2.75, 3.05) is 13.1 Å². The fourth-order valence-corrected chi connectivity index (χ4v) is 5.10. The number of hydrogen-bond acceptors (Lipinski definition) is 3. The molecule has 1 aliphatic carbocycles. The predicted octanol–water partition coefficient (Wildman–Crippen LogP) is 4.08. The first kappa shape index (κ1) is 17.7. The maximum atomic E-state index is 13.3. The zero-order valence-corrected chi connectivity index (χ0v) is 16.6. The Hall–Kier alpha value is -1.65. The van der Waals surface area contributed by atoms with Crippen molar-refractivity contribution >= 4 is 17.2 Å². The quantitative estimate of drug-likeness (QED) is 0.862. The van der Waals surface area contributed by atoms with Crippen LogP contribution < -0.4 is 5.32 Å². The normalized spacial score (nSPS) is 20.9. The van der Waals surface area contributed by atoms with Crippen LogP contribution in [0.15, 0.2) is 35.0 Å². The highest BCUT2D eigenvalue weighted by Gasteiger charge is 2.57. The van der Waals surface area contributed by atoms with E-state index in [2.05, 4.69) is 59.1 Å². The monoisotopic (exact) mass is 368 g/mol. The third-order valence-electron chi connectivity index (χ3n) is 6.22. The number of carbonyl (C=O) groups excluding carboxylic acids is 1. The number of piperidine rings is 1. The van der Waals surface area contributed by atoms with E-state index in [0.717, 1.165) is 19.6 Å². The van der Waals surface area contributed by atoms with Crippen molar-refractivity contribution in [3.05, 3.63) is 57.3 Å². The highest BCUT2D eigenvalue weighted by molar-refractivity contribution is 7.07. The molecular weight excluding hydrogens is 340 g/mol. The standard InChI is InChI=1S/C22H28N2OS/c1-16-3-4-17(2)19(11-16)12-21(25)24(14-18-5-10-26-15-18)20-13-22(20)6-8-23-9-7-22/h3-5,10-11,15,20,23H,6-9,12-14H2,1-2H3. The predicted molar refractivity (Wildman–Crippen MR) is 107 cm³/mol. The second-order valence-corrected chi connectivity index (χ2v) is 8.87. The van der Waals surface area contributed by atoms with Crippen LogP contribution in [-0.2, 0) is 17.8 Å². The molecule has 1 spiro atoms. The molecular formula is C22H28N2OS. The Morgan fingerprint density at radius 2 is 2.08 bits per heavy atom. The van der Waals surface area contributed by atoms with E-state index in [1.165, 1.54) is 41.5 Å². The van der Waals surface area contributed by atoms with Gasteiger partial charge < -0.3 is 10.2 Å². The molecule has 1 aromatic heterocycles. The summed E-state index contributed by atoms with van der Waals surface area (Å²) in [7, 11) is 0. The molecule has 1 amide bonds. The summed E-state index contributed by atoms with van der Waals surface area (Å²) in [4.78, 5) is 15.5. The molecule has 1 N–H and O–H groups in total. The van der Waals surface area contributed by atoms with Crippen LogP contribution in [0.2, 0.25) is 0 Å². The third kappa shape index (κ3) is 3.58. The van der Waals surface area contributed by atoms with Gasteiger partial charge in [0, 0.05) is 12.6 Å². The summed E-state index contributed by atoms with van der Waals surface area (Å²) in [5.41, 5.74) is 5.25. The highest BCUT2D eigenvalue weighted by Crippen LogP contribution is 2.56. The minimum Gasteiger partial charge on any atom is -0.334 e. The number of rotatable bonds is 5. The lowest BCUT2D eigenvalue weighted by molar-refractivity contribution is -0.132. The lowest BCUT2D eigenvalue weighted by Gasteiger charge is -2.30. The number of nitrogens with zero attached hydrogens (tertiary/aromatic N) is 1. The van der Waals surface area contributed by atoms with E-state index in [4.69, 9.17) is 0 Å². The van der Waals surface area contributed by atoms with E-state index < -0.39 is 0 Å². The summed E-state index contributed by atoms with van der Waals surface area (Å²) in [6.45, 7) is 7.15. The van der Waals surface area contributed by atoms with Gasteiger partial charge in [-0.2, -0.15) is 11.3 Å². The molecule has 0 radical (unpaired) electrons. The van der Waals surface area contributed by atoms with Gasteiger partial charge in [0.1, 0.15) is 0 Å². The number of amides is 1. The van der Waals surface area contributed by atoms with Crippen molar-refractivity contribution < 1.29 is 4.79 Å². The first-order valence-electron chi connectivity index (χ1n) is 9.65. The summed E-state index contributed by atoms with van der Waals surface area (Å²) >= 11 is 1.71. The molecule has 0 bridgehead atoms. The number of hydrogen-bond donors (Lipinski definition) is 1. The summed E-state index contributed by atoms with van der Waals surface area (Å²) in [6, 6.07) is 9.00. The molecule has 1 atom stereocenters. The maximum absolute atomic E-state index is 13.3. The second kappa shape index (κ2) is 7.16. The number of thiophene rings is 1. The minimum absolute atomic E-state index is 0.283. The first-order chi connectivity index (χ1) is 12.6. The maximum Gasteiger partial charge on any atom is 0.227 e. The Labute approximate surface area is 160 Å². The van der Waals surface area contributed by atoms with Crippen LogP contribution in [0.25, 0.3) is 0 Å². The smallest absolute Gasteiger partial charge is 0.227 e. The average molecular weight is 369 g/mol. The largest absolute Gasteiger partial charge is 0.334 e. The van der Waals surface area contributed by atoms with Crippen molar-refractivity contribution in [2.45, 2.75) is 52.1 Å². The molecule has 2 heterocycles. The van der Waals surface area contributed by atoms with E-state index in [0.29, 0.717) is 17.9 Å². The minimum atomic E-state index is 0.283. The van der Waals surface area contributed by atoms with Crippen LogP contribution in [0.5, 0.6) is 0 Å². The molecule has 1 unspecified atom stereocenters. The van der Waals surface area contributed by atoms with Crippen molar-refractivity contribution in [1.29, 1.82) is 0 Å². The zero-order chi connectivity index (χ0) is 18.1. The molecule has 2 aliphatic rings. The summed E-state index contributed by atoms with van der Waals surface area (Å²) < 4.78 is 0. The van der Waals surface area contributed by atoms with Crippen LogP contribution in [-0.4, -0.2) is 29.9 Å². The Kier molecular flexibility index (Phi) is 4.89. The lowest BCUT2D eigenvalue weighted by atomic mass is 9.93. The Morgan fingerprint density at radius 1 is 1.27 bits per heavy atom. The van der Waals surface area contributed by atoms with Gasteiger partial charge in [0.15, 0.2) is 0 Å². The van der Waals surface area contributed by atoms with Gasteiger partial charge in [-0.15, -0.1) is 0 Å². The Bertz CT molecular complexity index is 777. The fourth-order valence-electron chi connectivity index (χ4n) is 4.44. The van der Waals surface area contributed by atoms with E-state index in [9.17, 15) is 4.79 Å². The topological polar surface area (TPSA) is 32.3 Å². The Balaban J connectivity index is 1.54. The molecule has 1 aromatic carbocycles. The number of benzene rings is 1. The molecule has 26 heavy (non-hydrogen) atoms. The molecule has 4 rings (SSSR count). The van der Waals surface area contributed by atoms with Gasteiger partial charge in [-0.25, -0.2) is 0 Å². The highest BCUT2D eigenvalue weighted by atomic mass is 32.1. The van der Waals surface area contributed by atoms with Gasteiger partial charge in [-0.1, -0.05) is 23.8 Å². The molecule has 3 nitrogen and oxygen atoms in total. The fraction of sp³-hybridized carbons (Fsp3) is 0.500. The average Bonchev–Trinajstić information content (AvgIpc) is 3.06. The summed E-state index contributed by atoms with van der Waals surface area (Å²) in [5.74, 6) is 0.283. The van der Waals surface area contributed by atoms with Crippen LogP contribution in [0.3, 0.4) is 0 Å². The molecule has 138 valence electrons. The van der Waals surface area contributed by atoms with Gasteiger partial charge in [-0.05, 0) is 85.1 Å². The van der Waals surface area contributed by atoms with Gasteiger partial charge in [0.25, 0.3) is 0 Å². The SMILES string of the molecule is Cc1ccc(C)c(CC(=O)N(Cc2ccsc2)C2CC23CCNCC3)c1. The molecule has 2 aromatic rings. The van der Waals surface area contributed by atoms with Crippen molar-refractivity contribution in [2.24, 2.45) is 5.41 Å². The number of nitrogens with one attached hydrogen (secondary N) is 1. The summed E-state index contributed by atoms with van der Waals surface area (Å²) in [5, 5.41) is 7.75. The number of carbonyl (C=O) groups is 1. The van der Waals surface area contributed by atoms with E-state index in [1.54, 1.807) is 11.3 Å². The van der Waals surface area contributed by atoms with Gasteiger partial charge in [0.2, 0.25) is 5.91 Å². The second-order valence-electron chi connectivity index (χ2n) is 8.09. The molecule has 4 heteroatoms. The Morgan fingerprint density at radius 3 is 2.81 bits per heavy atom. The van der Waals surface area contributed by atoms with Gasteiger partial charge >= 0.3 is 0 Å². The van der Waals surface area contributed by atoms with E-state index in [-0.39, 0.29) is 5.91 Å². The van der Waals surface area contributed by atoms with Crippen molar-refractivity contribution in [3.8, 4) is 0 Å². The van der Waals surface area contributed by atoms with Crippen molar-refractivity contribution in [3.63, 3.8) is 0 Å². The molecule has 2 fully saturated rings. The van der Waals surface area contributed by atoms with Crippen LogP contribution in [0, 0.1) is 19.3 Å². The van der Waals surface area contributed by atoms with Gasteiger partial charge in [0.05, 0.1) is 6.42 Å². The van der Waals surface area contributed by atoms with Crippen LogP contribution >= 0.6 is 11.3 Å². The molecule has 1 saturated carbocycles. The van der Waals surface area contributed by atoms with Crippen LogP contribution in [0.4, 0.5) is 0 Å². The van der Waals surface area contributed by atoms with Gasteiger partial charge in [-0.3, -0.25) is 4.79 Å². The summed E-state index contributed by atoms with van der Waals surface area (Å²) in [6.07, 6.45) is 4.10. The molecule has 1 saturated heterocycles. The first-order valence-corrected chi connectivity index (χ1v) is 10.6. The van der Waals surface area contributed by atoms with Crippen molar-refractivity contribution in [1.82, 2.24) is 10.2 Å². The van der Waals surface area contributed by atoms with E-state index >= 15 is 0 Å². The van der Waals surface area contributed by atoms with Crippen LogP contribution in [0.1, 0.15) is 41.5 Å².